The molecule has 0 bridgehead atoms. The van der Waals surface area contributed by atoms with Gasteiger partial charge in [0, 0.05) is 11.3 Å². The van der Waals surface area contributed by atoms with Crippen molar-refractivity contribution >= 4 is 35.3 Å². The minimum Gasteiger partial charge on any atom is -0.302 e. The van der Waals surface area contributed by atoms with Crippen molar-refractivity contribution in [1.29, 1.82) is 0 Å². The van der Waals surface area contributed by atoms with Gasteiger partial charge in [-0.15, -0.1) is 0 Å². The average Bonchev–Trinajstić information content (AvgIpc) is 2.75. The van der Waals surface area contributed by atoms with Gasteiger partial charge in [0.15, 0.2) is 0 Å². The molecule has 0 radical (unpaired) electrons. The lowest BCUT2D eigenvalue weighted by atomic mass is 10.2. The number of aromatic amines is 2. The highest BCUT2D eigenvalue weighted by atomic mass is 35.5. The molecule has 0 aliphatic heterocycles. The zero-order valence-corrected chi connectivity index (χ0v) is 12.5. The summed E-state index contributed by atoms with van der Waals surface area (Å²) in [5.74, 6) is -0.389. The Kier molecular flexibility index (Phi) is 4.82. The molecule has 0 aliphatic rings. The van der Waals surface area contributed by atoms with Crippen molar-refractivity contribution in [2.24, 2.45) is 5.10 Å². The predicted octanol–water partition coefficient (Wildman–Crippen LogP) is 2.01. The van der Waals surface area contributed by atoms with Crippen molar-refractivity contribution in [2.45, 2.75) is 13.3 Å². The number of nitrogens with one attached hydrogen (secondary N) is 3. The molecule has 0 unspecified atom stereocenters. The molecule has 110 valence electrons. The van der Waals surface area contributed by atoms with E-state index < -0.39 is 0 Å². The first-order chi connectivity index (χ1) is 9.97. The van der Waals surface area contributed by atoms with Gasteiger partial charge in [0.2, 0.25) is 5.91 Å². The summed E-state index contributed by atoms with van der Waals surface area (Å²) in [5.41, 5.74) is 3.75. The van der Waals surface area contributed by atoms with Crippen molar-refractivity contribution in [3.8, 4) is 0 Å². The fourth-order valence-electron chi connectivity index (χ4n) is 1.66. The molecule has 8 heteroatoms. The van der Waals surface area contributed by atoms with Gasteiger partial charge in [0.05, 0.1) is 22.7 Å². The van der Waals surface area contributed by atoms with Crippen molar-refractivity contribution in [2.75, 3.05) is 0 Å². The molecule has 0 saturated heterocycles. The lowest BCUT2D eigenvalue weighted by Gasteiger charge is -1.99. The molecule has 2 aromatic rings. The van der Waals surface area contributed by atoms with Gasteiger partial charge >= 0.3 is 0 Å². The third kappa shape index (κ3) is 3.96. The second kappa shape index (κ2) is 6.60. The maximum absolute atomic E-state index is 11.7. The predicted molar refractivity (Wildman–Crippen MR) is 82.1 cm³/mol. The summed E-state index contributed by atoms with van der Waals surface area (Å²) in [4.78, 5) is 23.1. The number of rotatable bonds is 4. The van der Waals surface area contributed by atoms with Crippen LogP contribution in [0.5, 0.6) is 0 Å². The lowest BCUT2D eigenvalue weighted by molar-refractivity contribution is -0.120. The number of hydrogen-bond donors (Lipinski definition) is 3. The Bertz CT molecular complexity index is 749. The Hall–Kier alpha value is -2.05. The van der Waals surface area contributed by atoms with E-state index in [1.54, 1.807) is 25.1 Å². The molecule has 0 fully saturated rings. The summed E-state index contributed by atoms with van der Waals surface area (Å²) in [6, 6.07) is 4.97. The standard InChI is InChI=1S/C13H12Cl2N4O2/c1-7-9(13(21)19-17-7)5-12(20)18-16-6-8-2-3-10(14)11(15)4-8/h2-4,6H,5H2,1H3,(H,18,20)(H2,17,19,21)/b16-6-. The topological polar surface area (TPSA) is 90.1 Å². The maximum atomic E-state index is 11.7. The molecule has 1 aromatic carbocycles. The molecule has 1 aromatic heterocycles. The van der Waals surface area contributed by atoms with Crippen LogP contribution in [0.2, 0.25) is 10.0 Å². The first kappa shape index (κ1) is 15.3. The van der Waals surface area contributed by atoms with E-state index in [0.717, 1.165) is 0 Å². The fraction of sp³-hybridized carbons (Fsp3) is 0.154. The Balaban J connectivity index is 1.96. The summed E-state index contributed by atoms with van der Waals surface area (Å²) in [7, 11) is 0. The molecule has 0 saturated carbocycles. The van der Waals surface area contributed by atoms with E-state index in [0.29, 0.717) is 26.9 Å². The molecule has 0 aliphatic carbocycles. The van der Waals surface area contributed by atoms with Gasteiger partial charge in [0.1, 0.15) is 0 Å². The molecule has 0 atom stereocenters. The van der Waals surface area contributed by atoms with Gasteiger partial charge in [-0.25, -0.2) is 5.43 Å². The van der Waals surface area contributed by atoms with Crippen LogP contribution in [0.15, 0.2) is 28.1 Å². The quantitative estimate of drug-likeness (QED) is 0.592. The van der Waals surface area contributed by atoms with E-state index >= 15 is 0 Å². The number of aromatic nitrogens is 2. The number of benzene rings is 1. The highest BCUT2D eigenvalue weighted by molar-refractivity contribution is 6.42. The van der Waals surface area contributed by atoms with Gasteiger partial charge in [-0.3, -0.25) is 14.7 Å². The average molecular weight is 327 g/mol. The number of amides is 1. The zero-order valence-electron chi connectivity index (χ0n) is 11.0. The molecule has 6 nitrogen and oxygen atoms in total. The van der Waals surface area contributed by atoms with E-state index in [1.165, 1.54) is 6.21 Å². The summed E-state index contributed by atoms with van der Waals surface area (Å²) in [5, 5.41) is 9.71. The van der Waals surface area contributed by atoms with Gasteiger partial charge in [-0.05, 0) is 24.6 Å². The van der Waals surface area contributed by atoms with Crippen LogP contribution >= 0.6 is 23.2 Å². The van der Waals surface area contributed by atoms with Crippen molar-refractivity contribution in [3.63, 3.8) is 0 Å². The lowest BCUT2D eigenvalue weighted by Crippen LogP contribution is -2.23. The van der Waals surface area contributed by atoms with Crippen molar-refractivity contribution in [3.05, 3.63) is 55.4 Å². The molecule has 21 heavy (non-hydrogen) atoms. The SMILES string of the molecule is Cc1[nH][nH]c(=O)c1CC(=O)N/N=C\c1ccc(Cl)c(Cl)c1. The Morgan fingerprint density at radius 1 is 1.33 bits per heavy atom. The summed E-state index contributed by atoms with van der Waals surface area (Å²) in [6.45, 7) is 1.71. The minimum atomic E-state index is -0.389. The highest BCUT2D eigenvalue weighted by Crippen LogP contribution is 2.21. The van der Waals surface area contributed by atoms with Crippen LogP contribution in [-0.4, -0.2) is 22.3 Å². The van der Waals surface area contributed by atoms with E-state index in [-0.39, 0.29) is 17.9 Å². The molecule has 1 heterocycles. The Morgan fingerprint density at radius 2 is 2.10 bits per heavy atom. The van der Waals surface area contributed by atoms with Crippen LogP contribution in [0.4, 0.5) is 0 Å². The second-order valence-electron chi connectivity index (χ2n) is 4.33. The summed E-state index contributed by atoms with van der Waals surface area (Å²) < 4.78 is 0. The largest absolute Gasteiger partial charge is 0.302 e. The number of hydrogen-bond acceptors (Lipinski definition) is 3. The van der Waals surface area contributed by atoms with Crippen LogP contribution in [0.1, 0.15) is 16.8 Å². The van der Waals surface area contributed by atoms with E-state index in [9.17, 15) is 9.59 Å². The maximum Gasteiger partial charge on any atom is 0.267 e. The first-order valence-corrected chi connectivity index (χ1v) is 6.76. The Morgan fingerprint density at radius 3 is 2.71 bits per heavy atom. The zero-order chi connectivity index (χ0) is 15.4. The summed E-state index contributed by atoms with van der Waals surface area (Å²) >= 11 is 11.7. The monoisotopic (exact) mass is 326 g/mol. The van der Waals surface area contributed by atoms with Gasteiger partial charge in [-0.1, -0.05) is 29.3 Å². The number of carbonyl (C=O) groups excluding carboxylic acids is 1. The molecule has 0 spiro atoms. The van der Waals surface area contributed by atoms with Crippen LogP contribution in [0, 0.1) is 6.92 Å². The number of hydrazone groups is 1. The normalized spacial score (nSPS) is 11.0. The van der Waals surface area contributed by atoms with Crippen LogP contribution < -0.4 is 11.0 Å². The second-order valence-corrected chi connectivity index (χ2v) is 5.14. The third-order valence-electron chi connectivity index (χ3n) is 2.77. The van der Waals surface area contributed by atoms with Gasteiger partial charge < -0.3 is 5.10 Å². The van der Waals surface area contributed by atoms with Crippen LogP contribution in [0.3, 0.4) is 0 Å². The summed E-state index contributed by atoms with van der Waals surface area (Å²) in [6.07, 6.45) is 1.39. The van der Waals surface area contributed by atoms with Crippen molar-refractivity contribution < 1.29 is 4.79 Å². The number of halogens is 2. The van der Waals surface area contributed by atoms with E-state index in [2.05, 4.69) is 20.7 Å². The molecule has 2 rings (SSSR count). The third-order valence-corrected chi connectivity index (χ3v) is 3.51. The highest BCUT2D eigenvalue weighted by Gasteiger charge is 2.10. The molecule has 3 N–H and O–H groups in total. The smallest absolute Gasteiger partial charge is 0.267 e. The van der Waals surface area contributed by atoms with E-state index in [4.69, 9.17) is 23.2 Å². The van der Waals surface area contributed by atoms with Crippen LogP contribution in [-0.2, 0) is 11.2 Å². The number of nitrogens with zero attached hydrogens (tertiary/aromatic N) is 1. The Labute approximate surface area is 130 Å². The molecule has 1 amide bonds. The fourth-order valence-corrected chi connectivity index (χ4v) is 1.96. The minimum absolute atomic E-state index is 0.0522. The van der Waals surface area contributed by atoms with Gasteiger partial charge in [0.25, 0.3) is 5.56 Å². The molecular formula is C13H12Cl2N4O2. The van der Waals surface area contributed by atoms with E-state index in [1.807, 2.05) is 0 Å². The molecular weight excluding hydrogens is 315 g/mol. The van der Waals surface area contributed by atoms with Gasteiger partial charge in [-0.2, -0.15) is 5.10 Å². The number of carbonyl (C=O) groups is 1. The van der Waals surface area contributed by atoms with Crippen LogP contribution in [0.25, 0.3) is 0 Å². The van der Waals surface area contributed by atoms with Crippen molar-refractivity contribution in [1.82, 2.24) is 15.6 Å². The number of H-pyrrole nitrogens is 2. The first-order valence-electron chi connectivity index (χ1n) is 6.00. The number of aryl methyl sites for hydroxylation is 1.